The van der Waals surface area contributed by atoms with Gasteiger partial charge in [-0.3, -0.25) is 9.59 Å². The van der Waals surface area contributed by atoms with E-state index in [-0.39, 0.29) is 23.9 Å². The molecule has 5 aromatic rings. The maximum atomic E-state index is 13.1. The number of aromatic nitrogens is 4. The van der Waals surface area contributed by atoms with Crippen molar-refractivity contribution in [2.24, 2.45) is 0 Å². The van der Waals surface area contributed by atoms with Gasteiger partial charge in [-0.05, 0) is 66.4 Å². The third-order valence-electron chi connectivity index (χ3n) is 6.26. The van der Waals surface area contributed by atoms with Crippen LogP contribution in [0, 0.1) is 12.7 Å². The number of aryl methyl sites for hydroxylation is 1. The maximum absolute atomic E-state index is 13.1. The van der Waals surface area contributed by atoms with Crippen LogP contribution < -0.4 is 10.6 Å². The molecule has 0 radical (unpaired) electrons. The predicted octanol–water partition coefficient (Wildman–Crippen LogP) is 5.09. The zero-order chi connectivity index (χ0) is 27.4. The lowest BCUT2D eigenvalue weighted by atomic mass is 10.0. The van der Waals surface area contributed by atoms with Gasteiger partial charge in [-0.15, -0.1) is 5.10 Å². The van der Waals surface area contributed by atoms with Gasteiger partial charge in [-0.25, -0.2) is 13.9 Å². The number of carbonyl (C=O) groups is 2. The first kappa shape index (κ1) is 25.7. The summed E-state index contributed by atoms with van der Waals surface area (Å²) in [7, 11) is 0. The van der Waals surface area contributed by atoms with Gasteiger partial charge in [-0.2, -0.15) is 4.98 Å². The number of halogens is 1. The summed E-state index contributed by atoms with van der Waals surface area (Å²) in [6.45, 7) is 4.29. The van der Waals surface area contributed by atoms with E-state index in [4.69, 9.17) is 0 Å². The Kier molecular flexibility index (Phi) is 7.40. The van der Waals surface area contributed by atoms with Crippen LogP contribution in [-0.4, -0.2) is 37.8 Å². The van der Waals surface area contributed by atoms with E-state index in [9.17, 15) is 14.0 Å². The molecule has 0 bridgehead atoms. The third kappa shape index (κ3) is 6.15. The predicted molar refractivity (Wildman–Crippen MR) is 148 cm³/mol. The van der Waals surface area contributed by atoms with E-state index in [1.165, 1.54) is 12.1 Å². The molecule has 5 rings (SSSR count). The molecule has 0 fully saturated rings. The zero-order valence-corrected chi connectivity index (χ0v) is 21.6. The van der Waals surface area contributed by atoms with E-state index < -0.39 is 0 Å². The van der Waals surface area contributed by atoms with Crippen molar-refractivity contribution in [3.63, 3.8) is 0 Å². The smallest absolute Gasteiger partial charge is 0.269 e. The number of pyridine rings is 2. The second kappa shape index (κ2) is 11.2. The Hall–Kier alpha value is -4.92. The summed E-state index contributed by atoms with van der Waals surface area (Å²) < 4.78 is 14.8. The Balaban J connectivity index is 1.26. The number of ketones is 1. The van der Waals surface area contributed by atoms with Crippen molar-refractivity contribution in [1.82, 2.24) is 24.9 Å². The van der Waals surface area contributed by atoms with Crippen LogP contribution in [0.15, 0.2) is 79.1 Å². The van der Waals surface area contributed by atoms with Gasteiger partial charge in [0.25, 0.3) is 5.91 Å². The van der Waals surface area contributed by atoms with Crippen LogP contribution in [0.5, 0.6) is 0 Å². The van der Waals surface area contributed by atoms with E-state index >= 15 is 0 Å². The molecular formula is C30H27FN6O2. The minimum Gasteiger partial charge on any atom is -0.351 e. The molecule has 0 aliphatic heterocycles. The van der Waals surface area contributed by atoms with E-state index in [0.29, 0.717) is 35.9 Å². The van der Waals surface area contributed by atoms with E-state index in [1.54, 1.807) is 28.9 Å². The average molecular weight is 523 g/mol. The molecule has 1 amide bonds. The minimum absolute atomic E-state index is 0.0720. The number of hydrogen-bond acceptors (Lipinski definition) is 6. The van der Waals surface area contributed by atoms with Crippen molar-refractivity contribution in [3.05, 3.63) is 107 Å². The minimum atomic E-state index is -0.310. The quantitative estimate of drug-likeness (QED) is 0.280. The second-order valence-electron chi connectivity index (χ2n) is 9.24. The summed E-state index contributed by atoms with van der Waals surface area (Å²) in [5.74, 6) is -0.0365. The molecule has 8 nitrogen and oxygen atoms in total. The van der Waals surface area contributed by atoms with Crippen LogP contribution in [0.3, 0.4) is 0 Å². The lowest BCUT2D eigenvalue weighted by Crippen LogP contribution is -2.23. The molecule has 0 aliphatic carbocycles. The van der Waals surface area contributed by atoms with Crippen molar-refractivity contribution in [1.29, 1.82) is 0 Å². The van der Waals surface area contributed by atoms with Crippen LogP contribution in [0.25, 0.3) is 16.8 Å². The number of rotatable bonds is 9. The van der Waals surface area contributed by atoms with Crippen LogP contribution in [0.2, 0.25) is 0 Å². The average Bonchev–Trinajstić information content (AvgIpc) is 3.33. The maximum Gasteiger partial charge on any atom is 0.269 e. The molecule has 2 aromatic carbocycles. The lowest BCUT2D eigenvalue weighted by molar-refractivity contribution is -0.117. The summed E-state index contributed by atoms with van der Waals surface area (Å²) in [4.78, 5) is 33.3. The molecular weight excluding hydrogens is 495 g/mol. The molecule has 9 heteroatoms. The van der Waals surface area contributed by atoms with Crippen LogP contribution >= 0.6 is 0 Å². The molecule has 3 heterocycles. The zero-order valence-electron chi connectivity index (χ0n) is 21.6. The second-order valence-corrected chi connectivity index (χ2v) is 9.24. The summed E-state index contributed by atoms with van der Waals surface area (Å²) in [5.41, 5.74) is 6.25. The monoisotopic (exact) mass is 522 g/mol. The first-order chi connectivity index (χ1) is 18.9. The first-order valence-electron chi connectivity index (χ1n) is 12.6. The first-order valence-corrected chi connectivity index (χ1v) is 12.6. The van der Waals surface area contributed by atoms with Gasteiger partial charge in [0.2, 0.25) is 5.95 Å². The van der Waals surface area contributed by atoms with Gasteiger partial charge in [0.1, 0.15) is 17.3 Å². The number of nitrogens with zero attached hydrogens (tertiary/aromatic N) is 4. The molecule has 39 heavy (non-hydrogen) atoms. The van der Waals surface area contributed by atoms with Crippen molar-refractivity contribution in [3.8, 4) is 11.1 Å². The van der Waals surface area contributed by atoms with Gasteiger partial charge in [0, 0.05) is 31.1 Å². The van der Waals surface area contributed by atoms with Crippen molar-refractivity contribution >= 4 is 29.0 Å². The van der Waals surface area contributed by atoms with Crippen LogP contribution in [-0.2, 0) is 17.6 Å². The van der Waals surface area contributed by atoms with Crippen LogP contribution in [0.4, 0.5) is 16.0 Å². The van der Waals surface area contributed by atoms with E-state index in [1.807, 2.05) is 56.4 Å². The van der Waals surface area contributed by atoms with Crippen molar-refractivity contribution < 1.29 is 14.0 Å². The molecule has 0 atom stereocenters. The van der Waals surface area contributed by atoms with E-state index in [2.05, 4.69) is 25.7 Å². The number of hydrogen-bond donors (Lipinski definition) is 2. The lowest BCUT2D eigenvalue weighted by Gasteiger charge is -2.07. The summed E-state index contributed by atoms with van der Waals surface area (Å²) in [6.07, 6.45) is 4.08. The number of nitrogens with one attached hydrogen (secondary N) is 2. The molecule has 196 valence electrons. The Morgan fingerprint density at radius 2 is 1.59 bits per heavy atom. The number of benzene rings is 2. The molecule has 0 saturated heterocycles. The Morgan fingerprint density at radius 3 is 2.26 bits per heavy atom. The number of fused-ring (bicyclic) bond motifs is 1. The highest BCUT2D eigenvalue weighted by atomic mass is 19.1. The number of anilines is 2. The molecule has 0 spiro atoms. The van der Waals surface area contributed by atoms with Gasteiger partial charge >= 0.3 is 0 Å². The highest BCUT2D eigenvalue weighted by molar-refractivity contribution is 5.92. The number of carbonyl (C=O) groups excluding carboxylic acids is 2. The number of amides is 1. The molecule has 0 aliphatic rings. The van der Waals surface area contributed by atoms with Gasteiger partial charge in [-0.1, -0.05) is 36.4 Å². The normalized spacial score (nSPS) is 10.9. The summed E-state index contributed by atoms with van der Waals surface area (Å²) in [5, 5.41) is 10.5. The molecule has 0 saturated carbocycles. The van der Waals surface area contributed by atoms with Crippen molar-refractivity contribution in [2.45, 2.75) is 26.7 Å². The molecule has 3 aromatic heterocycles. The Labute approximate surface area is 224 Å². The Morgan fingerprint density at radius 1 is 0.923 bits per heavy atom. The Bertz CT molecular complexity index is 1650. The number of Topliss-reactive ketones (excluding diaryl/α,β-unsaturated/α-hetero) is 1. The van der Waals surface area contributed by atoms with Gasteiger partial charge < -0.3 is 10.6 Å². The third-order valence-corrected chi connectivity index (χ3v) is 6.26. The fourth-order valence-corrected chi connectivity index (χ4v) is 4.22. The molecule has 2 N–H and O–H groups in total. The largest absolute Gasteiger partial charge is 0.351 e. The highest BCUT2D eigenvalue weighted by Gasteiger charge is 2.12. The molecule has 0 unspecified atom stereocenters. The van der Waals surface area contributed by atoms with Crippen molar-refractivity contribution in [2.75, 3.05) is 11.9 Å². The fourth-order valence-electron chi connectivity index (χ4n) is 4.22. The van der Waals surface area contributed by atoms with Gasteiger partial charge in [0.15, 0.2) is 5.65 Å². The summed E-state index contributed by atoms with van der Waals surface area (Å²) in [6, 6.07) is 19.4. The fraction of sp³-hybridized carbons (Fsp3) is 0.167. The standard InChI is InChI=1S/C30H27FN6O2/c1-3-32-29(39)26-14-19(2)27(17-33-26)34-30-35-28-13-10-23(18-37(28)36-30)22-8-4-20(5-9-22)15-25(38)16-21-6-11-24(31)12-7-21/h4-14,17-18H,3,15-16H2,1-2H3,(H,32,39)(H,34,36). The van der Waals surface area contributed by atoms with Gasteiger partial charge in [0.05, 0.1) is 11.9 Å². The highest BCUT2D eigenvalue weighted by Crippen LogP contribution is 2.23. The SMILES string of the molecule is CCNC(=O)c1cc(C)c(Nc2nc3ccc(-c4ccc(CC(=O)Cc5ccc(F)cc5)cc4)cn3n2)cn1. The summed E-state index contributed by atoms with van der Waals surface area (Å²) >= 11 is 0. The topological polar surface area (TPSA) is 101 Å². The van der Waals surface area contributed by atoms with Crippen LogP contribution in [0.1, 0.15) is 34.1 Å². The van der Waals surface area contributed by atoms with E-state index in [0.717, 1.165) is 27.8 Å².